The summed E-state index contributed by atoms with van der Waals surface area (Å²) < 4.78 is 0.907. The molecular weight excluding hydrogens is 376 g/mol. The first-order valence-corrected chi connectivity index (χ1v) is 8.86. The smallest absolute Gasteiger partial charge is 0.227 e. The van der Waals surface area contributed by atoms with Crippen LogP contribution in [-0.2, 0) is 4.79 Å². The third kappa shape index (κ3) is 4.06. The van der Waals surface area contributed by atoms with E-state index in [1.807, 2.05) is 42.5 Å². The minimum atomic E-state index is 0.0533. The lowest BCUT2D eigenvalue weighted by Crippen LogP contribution is -2.38. The van der Waals surface area contributed by atoms with Crippen LogP contribution in [0.1, 0.15) is 12.8 Å². The predicted molar refractivity (Wildman–Crippen MR) is 99.2 cm³/mol. The maximum Gasteiger partial charge on any atom is 0.227 e. The summed E-state index contributed by atoms with van der Waals surface area (Å²) in [5.74, 6) is 0.153. The van der Waals surface area contributed by atoms with Gasteiger partial charge in [-0.2, -0.15) is 0 Å². The number of anilines is 2. The van der Waals surface area contributed by atoms with Gasteiger partial charge >= 0.3 is 0 Å². The van der Waals surface area contributed by atoms with E-state index in [1.165, 1.54) is 0 Å². The molecule has 0 saturated carbocycles. The van der Waals surface area contributed by atoms with Crippen molar-refractivity contribution in [2.75, 3.05) is 23.3 Å². The molecule has 2 aromatic carbocycles. The first kappa shape index (κ1) is 16.3. The van der Waals surface area contributed by atoms with Crippen molar-refractivity contribution < 1.29 is 4.79 Å². The van der Waals surface area contributed by atoms with Gasteiger partial charge in [0.1, 0.15) is 0 Å². The molecule has 0 aliphatic carbocycles. The number of piperidine rings is 1. The van der Waals surface area contributed by atoms with Gasteiger partial charge in [0.15, 0.2) is 0 Å². The third-order valence-corrected chi connectivity index (χ3v) is 5.10. The average molecular weight is 394 g/mol. The summed E-state index contributed by atoms with van der Waals surface area (Å²) in [5.41, 5.74) is 1.96. The number of carbonyl (C=O) groups excluding carboxylic acids is 1. The van der Waals surface area contributed by atoms with Crippen LogP contribution in [0.25, 0.3) is 0 Å². The van der Waals surface area contributed by atoms with Crippen LogP contribution < -0.4 is 10.2 Å². The van der Waals surface area contributed by atoms with Crippen molar-refractivity contribution in [3.8, 4) is 0 Å². The molecule has 0 aromatic heterocycles. The molecule has 1 aliphatic rings. The van der Waals surface area contributed by atoms with E-state index < -0.39 is 0 Å². The normalized spacial score (nSPS) is 15.5. The molecule has 3 rings (SSSR count). The standard InChI is InChI=1S/C18H18BrClN2O/c19-16-6-1-2-7-17(16)21-18(23)13-8-10-22(11-9-13)15-5-3-4-14(20)12-15/h1-7,12-13H,8-11H2,(H,21,23). The molecule has 5 heteroatoms. The second-order valence-electron chi connectivity index (χ2n) is 5.71. The molecular formula is C18H18BrClN2O. The lowest BCUT2D eigenvalue weighted by Gasteiger charge is -2.33. The van der Waals surface area contributed by atoms with Gasteiger partial charge in [0.05, 0.1) is 5.69 Å². The molecule has 1 saturated heterocycles. The topological polar surface area (TPSA) is 32.3 Å². The molecule has 1 aliphatic heterocycles. The van der Waals surface area contributed by atoms with Crippen LogP contribution in [0.3, 0.4) is 0 Å². The van der Waals surface area contributed by atoms with Gasteiger partial charge in [0.25, 0.3) is 0 Å². The number of amides is 1. The molecule has 3 nitrogen and oxygen atoms in total. The molecule has 1 heterocycles. The molecule has 1 N–H and O–H groups in total. The summed E-state index contributed by atoms with van der Waals surface area (Å²) in [6.07, 6.45) is 1.70. The Kier molecular flexibility index (Phi) is 5.23. The number of nitrogens with zero attached hydrogens (tertiary/aromatic N) is 1. The van der Waals surface area contributed by atoms with Crippen molar-refractivity contribution in [1.29, 1.82) is 0 Å². The summed E-state index contributed by atoms with van der Waals surface area (Å²) in [4.78, 5) is 14.7. The average Bonchev–Trinajstić information content (AvgIpc) is 2.57. The van der Waals surface area contributed by atoms with Crippen LogP contribution in [0.15, 0.2) is 53.0 Å². The fraction of sp³-hybridized carbons (Fsp3) is 0.278. The van der Waals surface area contributed by atoms with Crippen molar-refractivity contribution in [3.63, 3.8) is 0 Å². The molecule has 2 aromatic rings. The van der Waals surface area contributed by atoms with E-state index in [4.69, 9.17) is 11.6 Å². The van der Waals surface area contributed by atoms with Gasteiger partial charge in [-0.1, -0.05) is 29.8 Å². The fourth-order valence-corrected chi connectivity index (χ4v) is 3.44. The molecule has 23 heavy (non-hydrogen) atoms. The second-order valence-corrected chi connectivity index (χ2v) is 7.00. The van der Waals surface area contributed by atoms with Crippen molar-refractivity contribution in [2.45, 2.75) is 12.8 Å². The molecule has 1 amide bonds. The molecule has 0 spiro atoms. The van der Waals surface area contributed by atoms with E-state index in [1.54, 1.807) is 0 Å². The Balaban J connectivity index is 1.58. The second kappa shape index (κ2) is 7.37. The van der Waals surface area contributed by atoms with Crippen LogP contribution in [0.5, 0.6) is 0 Å². The Labute approximate surface area is 149 Å². The highest BCUT2D eigenvalue weighted by Crippen LogP contribution is 2.27. The van der Waals surface area contributed by atoms with Crippen LogP contribution in [-0.4, -0.2) is 19.0 Å². The monoisotopic (exact) mass is 392 g/mol. The van der Waals surface area contributed by atoms with E-state index in [9.17, 15) is 4.79 Å². The van der Waals surface area contributed by atoms with E-state index in [0.29, 0.717) is 0 Å². The van der Waals surface area contributed by atoms with E-state index in [-0.39, 0.29) is 11.8 Å². The van der Waals surface area contributed by atoms with Crippen molar-refractivity contribution >= 4 is 44.8 Å². The largest absolute Gasteiger partial charge is 0.371 e. The van der Waals surface area contributed by atoms with Crippen LogP contribution >= 0.6 is 27.5 Å². The molecule has 0 atom stereocenters. The van der Waals surface area contributed by atoms with Gasteiger partial charge in [0, 0.05) is 34.2 Å². The zero-order chi connectivity index (χ0) is 16.2. The van der Waals surface area contributed by atoms with Crippen LogP contribution in [0.4, 0.5) is 11.4 Å². The third-order valence-electron chi connectivity index (χ3n) is 4.17. The van der Waals surface area contributed by atoms with Crippen LogP contribution in [0, 0.1) is 5.92 Å². The first-order chi connectivity index (χ1) is 11.1. The van der Waals surface area contributed by atoms with Gasteiger partial charge in [-0.25, -0.2) is 0 Å². The maximum atomic E-state index is 12.4. The van der Waals surface area contributed by atoms with Gasteiger partial charge < -0.3 is 10.2 Å². The Morgan fingerprint density at radius 2 is 1.87 bits per heavy atom. The number of rotatable bonds is 3. The van der Waals surface area contributed by atoms with Crippen molar-refractivity contribution in [1.82, 2.24) is 0 Å². The Morgan fingerprint density at radius 3 is 2.57 bits per heavy atom. The summed E-state index contributed by atoms with van der Waals surface area (Å²) >= 11 is 9.51. The van der Waals surface area contributed by atoms with Crippen LogP contribution in [0.2, 0.25) is 5.02 Å². The molecule has 0 radical (unpaired) electrons. The van der Waals surface area contributed by atoms with Gasteiger partial charge in [-0.15, -0.1) is 0 Å². The number of carbonyl (C=O) groups is 1. The quantitative estimate of drug-likeness (QED) is 0.799. The zero-order valence-corrected chi connectivity index (χ0v) is 15.0. The van der Waals surface area contributed by atoms with Crippen molar-refractivity contribution in [2.24, 2.45) is 5.92 Å². The van der Waals surface area contributed by atoms with E-state index >= 15 is 0 Å². The summed E-state index contributed by atoms with van der Waals surface area (Å²) in [5, 5.41) is 3.76. The number of hydrogen-bond donors (Lipinski definition) is 1. The minimum absolute atomic E-state index is 0.0533. The molecule has 120 valence electrons. The minimum Gasteiger partial charge on any atom is -0.371 e. The molecule has 1 fully saturated rings. The summed E-state index contributed by atoms with van der Waals surface area (Å²) in [6, 6.07) is 15.6. The molecule has 0 bridgehead atoms. The van der Waals surface area contributed by atoms with E-state index in [0.717, 1.165) is 46.8 Å². The summed E-state index contributed by atoms with van der Waals surface area (Å²) in [7, 11) is 0. The number of benzene rings is 2. The Morgan fingerprint density at radius 1 is 1.13 bits per heavy atom. The van der Waals surface area contributed by atoms with Crippen molar-refractivity contribution in [3.05, 3.63) is 58.0 Å². The van der Waals surface area contributed by atoms with E-state index in [2.05, 4.69) is 32.2 Å². The highest BCUT2D eigenvalue weighted by molar-refractivity contribution is 9.10. The SMILES string of the molecule is O=C(Nc1ccccc1Br)C1CCN(c2cccc(Cl)c2)CC1. The maximum absolute atomic E-state index is 12.4. The fourth-order valence-electron chi connectivity index (χ4n) is 2.87. The van der Waals surface area contributed by atoms with Gasteiger partial charge in [0.2, 0.25) is 5.91 Å². The Hall–Kier alpha value is -1.52. The highest BCUT2D eigenvalue weighted by atomic mass is 79.9. The number of nitrogens with one attached hydrogen (secondary N) is 1. The lowest BCUT2D eigenvalue weighted by molar-refractivity contribution is -0.120. The zero-order valence-electron chi connectivity index (χ0n) is 12.6. The van der Waals surface area contributed by atoms with Gasteiger partial charge in [-0.05, 0) is 59.1 Å². The number of hydrogen-bond acceptors (Lipinski definition) is 2. The predicted octanol–water partition coefficient (Wildman–Crippen LogP) is 4.96. The summed E-state index contributed by atoms with van der Waals surface area (Å²) in [6.45, 7) is 1.74. The first-order valence-electron chi connectivity index (χ1n) is 7.69. The Bertz CT molecular complexity index is 699. The number of para-hydroxylation sites is 1. The highest BCUT2D eigenvalue weighted by Gasteiger charge is 2.25. The lowest BCUT2D eigenvalue weighted by atomic mass is 9.95. The van der Waals surface area contributed by atoms with Gasteiger partial charge in [-0.3, -0.25) is 4.79 Å². The number of halogens is 2. The molecule has 0 unspecified atom stereocenters.